The van der Waals surface area contributed by atoms with Crippen LogP contribution in [0, 0.1) is 0 Å². The molecular formula is C23H25N5OS. The number of pyridine rings is 1. The van der Waals surface area contributed by atoms with Gasteiger partial charge in [0.05, 0.1) is 12.8 Å². The molecule has 1 saturated heterocycles. The molecule has 1 aliphatic heterocycles. The third-order valence-electron chi connectivity index (χ3n) is 5.58. The number of hydrogen-bond donors (Lipinski definition) is 0. The van der Waals surface area contributed by atoms with Crippen LogP contribution in [0.15, 0.2) is 60.4 Å². The zero-order chi connectivity index (χ0) is 20.3. The first kappa shape index (κ1) is 19.1. The second-order valence-corrected chi connectivity index (χ2v) is 8.38. The molecule has 0 spiro atoms. The first-order valence-corrected chi connectivity index (χ1v) is 11.2. The minimum absolute atomic E-state index is 0.883. The number of fused-ring (bicyclic) bond motifs is 1. The molecule has 0 unspecified atom stereocenters. The van der Waals surface area contributed by atoms with Crippen molar-refractivity contribution in [2.45, 2.75) is 13.0 Å². The summed E-state index contributed by atoms with van der Waals surface area (Å²) >= 11 is 1.73. The quantitative estimate of drug-likeness (QED) is 0.486. The van der Waals surface area contributed by atoms with Gasteiger partial charge in [0.15, 0.2) is 5.65 Å². The minimum atomic E-state index is 0.883. The van der Waals surface area contributed by atoms with Crippen LogP contribution in [0.5, 0.6) is 5.75 Å². The molecule has 0 aliphatic carbocycles. The summed E-state index contributed by atoms with van der Waals surface area (Å²) in [6.07, 6.45) is 6.92. The molecule has 0 N–H and O–H groups in total. The standard InChI is InChI=1S/C23H25N5OS/c1-29-20-8-12-28-13-9-24-22(28)21(20)27-11-5-10-26(14-15-27)16-19-17-30-23(25-19)18-6-3-2-4-7-18/h2-4,6-9,12-13,17H,5,10-11,14-16H2,1H3. The van der Waals surface area contributed by atoms with E-state index in [1.807, 2.05) is 30.7 Å². The highest BCUT2D eigenvalue weighted by Gasteiger charge is 2.21. The van der Waals surface area contributed by atoms with Crippen LogP contribution in [0.1, 0.15) is 12.1 Å². The molecule has 154 valence electrons. The number of ether oxygens (including phenoxy) is 1. The molecule has 7 heteroatoms. The lowest BCUT2D eigenvalue weighted by atomic mass is 10.2. The Kier molecular flexibility index (Phi) is 5.38. The van der Waals surface area contributed by atoms with Crippen molar-refractivity contribution in [3.05, 3.63) is 66.1 Å². The number of imidazole rings is 1. The van der Waals surface area contributed by atoms with Gasteiger partial charge in [-0.1, -0.05) is 30.3 Å². The Labute approximate surface area is 180 Å². The maximum Gasteiger partial charge on any atom is 0.164 e. The van der Waals surface area contributed by atoms with Crippen LogP contribution in [0.4, 0.5) is 5.69 Å². The zero-order valence-electron chi connectivity index (χ0n) is 17.1. The average Bonchev–Trinajstić information content (AvgIpc) is 3.39. The molecule has 0 amide bonds. The second kappa shape index (κ2) is 8.45. The van der Waals surface area contributed by atoms with Crippen molar-refractivity contribution in [2.75, 3.05) is 38.2 Å². The number of nitrogens with zero attached hydrogens (tertiary/aromatic N) is 5. The number of hydrogen-bond acceptors (Lipinski definition) is 6. The van der Waals surface area contributed by atoms with Crippen LogP contribution in [0.3, 0.4) is 0 Å². The van der Waals surface area contributed by atoms with Gasteiger partial charge in [0.2, 0.25) is 0 Å². The number of benzene rings is 1. The molecule has 4 aromatic rings. The van der Waals surface area contributed by atoms with E-state index in [4.69, 9.17) is 9.72 Å². The van der Waals surface area contributed by atoms with Crippen LogP contribution in [0.25, 0.3) is 16.2 Å². The summed E-state index contributed by atoms with van der Waals surface area (Å²) in [7, 11) is 1.73. The highest BCUT2D eigenvalue weighted by atomic mass is 32.1. The first-order valence-electron chi connectivity index (χ1n) is 10.3. The molecule has 5 rings (SSSR count). The van der Waals surface area contributed by atoms with Crippen molar-refractivity contribution in [1.29, 1.82) is 0 Å². The molecule has 4 heterocycles. The molecule has 0 saturated carbocycles. The van der Waals surface area contributed by atoms with Crippen molar-refractivity contribution in [2.24, 2.45) is 0 Å². The average molecular weight is 420 g/mol. The maximum atomic E-state index is 5.67. The molecule has 0 atom stereocenters. The fraction of sp³-hybridized carbons (Fsp3) is 0.304. The number of methoxy groups -OCH3 is 1. The van der Waals surface area contributed by atoms with Crippen molar-refractivity contribution in [1.82, 2.24) is 19.3 Å². The van der Waals surface area contributed by atoms with E-state index in [2.05, 4.69) is 48.8 Å². The Bertz CT molecular complexity index is 1120. The SMILES string of the molecule is COc1ccn2ccnc2c1N1CCCN(Cc2csc(-c3ccccc3)n2)CC1. The van der Waals surface area contributed by atoms with Crippen LogP contribution < -0.4 is 9.64 Å². The Morgan fingerprint density at radius 3 is 2.80 bits per heavy atom. The third kappa shape index (κ3) is 3.78. The topological polar surface area (TPSA) is 45.9 Å². The van der Waals surface area contributed by atoms with Crippen molar-refractivity contribution in [3.63, 3.8) is 0 Å². The van der Waals surface area contributed by atoms with Crippen LogP contribution in [-0.2, 0) is 6.54 Å². The van der Waals surface area contributed by atoms with Gasteiger partial charge in [-0.2, -0.15) is 0 Å². The maximum absolute atomic E-state index is 5.67. The van der Waals surface area contributed by atoms with Crippen molar-refractivity contribution >= 4 is 22.7 Å². The summed E-state index contributed by atoms with van der Waals surface area (Å²) in [5.41, 5.74) is 4.39. The summed E-state index contributed by atoms with van der Waals surface area (Å²) in [6.45, 7) is 4.88. The lowest BCUT2D eigenvalue weighted by Crippen LogP contribution is -2.31. The van der Waals surface area contributed by atoms with Gasteiger partial charge in [0, 0.05) is 62.3 Å². The Balaban J connectivity index is 1.30. The van der Waals surface area contributed by atoms with Crippen LogP contribution >= 0.6 is 11.3 Å². The molecule has 1 aromatic carbocycles. The predicted octanol–water partition coefficient (Wildman–Crippen LogP) is 4.18. The number of anilines is 1. The van der Waals surface area contributed by atoms with Crippen molar-refractivity contribution < 1.29 is 4.74 Å². The summed E-state index contributed by atoms with van der Waals surface area (Å²) in [4.78, 5) is 14.4. The fourth-order valence-electron chi connectivity index (χ4n) is 4.09. The monoisotopic (exact) mass is 419 g/mol. The summed E-state index contributed by atoms with van der Waals surface area (Å²) in [5.74, 6) is 0.883. The fourth-order valence-corrected chi connectivity index (χ4v) is 4.91. The zero-order valence-corrected chi connectivity index (χ0v) is 17.9. The summed E-state index contributed by atoms with van der Waals surface area (Å²) in [6, 6.07) is 12.4. The van der Waals surface area contributed by atoms with Gasteiger partial charge in [-0.25, -0.2) is 9.97 Å². The van der Waals surface area contributed by atoms with Gasteiger partial charge in [0.25, 0.3) is 0 Å². The molecule has 0 radical (unpaired) electrons. The molecule has 6 nitrogen and oxygen atoms in total. The predicted molar refractivity (Wildman–Crippen MR) is 121 cm³/mol. The Morgan fingerprint density at radius 1 is 1.03 bits per heavy atom. The van der Waals surface area contributed by atoms with E-state index in [9.17, 15) is 0 Å². The minimum Gasteiger partial charge on any atom is -0.494 e. The summed E-state index contributed by atoms with van der Waals surface area (Å²) < 4.78 is 7.72. The van der Waals surface area contributed by atoms with Gasteiger partial charge in [-0.05, 0) is 12.5 Å². The van der Waals surface area contributed by atoms with E-state index in [0.29, 0.717) is 0 Å². The van der Waals surface area contributed by atoms with Gasteiger partial charge >= 0.3 is 0 Å². The number of aromatic nitrogens is 3. The second-order valence-electron chi connectivity index (χ2n) is 7.52. The highest BCUT2D eigenvalue weighted by Crippen LogP contribution is 2.33. The number of rotatable bonds is 5. The normalized spacial score (nSPS) is 15.4. The van der Waals surface area contributed by atoms with E-state index in [0.717, 1.165) is 66.9 Å². The molecule has 3 aromatic heterocycles. The molecule has 0 bridgehead atoms. The lowest BCUT2D eigenvalue weighted by Gasteiger charge is -2.25. The molecular weight excluding hydrogens is 394 g/mol. The van der Waals surface area contributed by atoms with E-state index in [1.54, 1.807) is 18.4 Å². The molecule has 30 heavy (non-hydrogen) atoms. The van der Waals surface area contributed by atoms with E-state index < -0.39 is 0 Å². The lowest BCUT2D eigenvalue weighted by molar-refractivity contribution is 0.282. The van der Waals surface area contributed by atoms with Crippen LogP contribution in [0.2, 0.25) is 0 Å². The number of thiazole rings is 1. The molecule has 1 aliphatic rings. The largest absolute Gasteiger partial charge is 0.494 e. The Hall–Kier alpha value is -2.90. The third-order valence-corrected chi connectivity index (χ3v) is 6.52. The van der Waals surface area contributed by atoms with E-state index in [-0.39, 0.29) is 0 Å². The Morgan fingerprint density at radius 2 is 1.93 bits per heavy atom. The first-order chi connectivity index (χ1) is 14.8. The van der Waals surface area contributed by atoms with Gasteiger partial charge in [-0.15, -0.1) is 11.3 Å². The van der Waals surface area contributed by atoms with E-state index in [1.165, 1.54) is 5.56 Å². The van der Waals surface area contributed by atoms with Crippen molar-refractivity contribution in [3.8, 4) is 16.3 Å². The smallest absolute Gasteiger partial charge is 0.164 e. The van der Waals surface area contributed by atoms with Gasteiger partial charge in [0.1, 0.15) is 16.4 Å². The van der Waals surface area contributed by atoms with Gasteiger partial charge < -0.3 is 14.0 Å². The van der Waals surface area contributed by atoms with Crippen LogP contribution in [-0.4, -0.2) is 52.6 Å². The highest BCUT2D eigenvalue weighted by molar-refractivity contribution is 7.13. The van der Waals surface area contributed by atoms with Gasteiger partial charge in [-0.3, -0.25) is 4.90 Å². The molecule has 1 fully saturated rings. The summed E-state index contributed by atoms with van der Waals surface area (Å²) in [5, 5.41) is 3.29. The van der Waals surface area contributed by atoms with E-state index >= 15 is 0 Å².